The lowest BCUT2D eigenvalue weighted by molar-refractivity contribution is -0.150. The van der Waals surface area contributed by atoms with Crippen LogP contribution in [-0.2, 0) is 43.1 Å². The SMILES string of the molecule is CCCOP(=O)(O)OP(=O)(O)OC[C@H]1O[C@@H](n2ccc(=O)[nH]c2=O)C2OC(Cc3ccccc3)O[C@H]21. The highest BCUT2D eigenvalue weighted by Crippen LogP contribution is 2.60. The number of benzene rings is 1. The zero-order chi connectivity index (χ0) is 25.9. The molecule has 3 N–H and O–H groups in total. The standard InChI is InChI=1S/C20H26N2O12P2/c1-2-10-29-35(25,26)34-36(27,28)30-12-14-17-18(19(31-14)22-9-8-15(23)21-20(22)24)33-16(32-17)11-13-6-4-3-5-7-13/h3-9,14,16-19H,2,10-12H2,1H3,(H,25,26)(H,27,28)(H,21,23,24)/t14-,16?,17+,18?,19-/m1/s1. The maximum atomic E-state index is 12.4. The van der Waals surface area contributed by atoms with E-state index >= 15 is 0 Å². The second-order valence-corrected chi connectivity index (χ2v) is 11.1. The molecule has 2 saturated heterocycles. The van der Waals surface area contributed by atoms with Crippen LogP contribution in [0.15, 0.2) is 52.2 Å². The fourth-order valence-electron chi connectivity index (χ4n) is 3.84. The van der Waals surface area contributed by atoms with Gasteiger partial charge in [0.2, 0.25) is 0 Å². The van der Waals surface area contributed by atoms with Gasteiger partial charge in [-0.1, -0.05) is 37.3 Å². The second kappa shape index (κ2) is 11.2. The average molecular weight is 548 g/mol. The van der Waals surface area contributed by atoms with Gasteiger partial charge in [0, 0.05) is 18.7 Å². The summed E-state index contributed by atoms with van der Waals surface area (Å²) in [6, 6.07) is 10.5. The number of nitrogens with one attached hydrogen (secondary N) is 1. The Morgan fingerprint density at radius 1 is 1.00 bits per heavy atom. The first-order valence-corrected chi connectivity index (χ1v) is 14.0. The molecule has 0 radical (unpaired) electrons. The molecule has 2 aromatic rings. The molecule has 1 aromatic heterocycles. The molecule has 1 aromatic carbocycles. The molecule has 0 aliphatic carbocycles. The summed E-state index contributed by atoms with van der Waals surface area (Å²) in [5.41, 5.74) is -0.435. The molecule has 0 amide bonds. The summed E-state index contributed by atoms with van der Waals surface area (Å²) in [4.78, 5) is 45.5. The molecule has 0 saturated carbocycles. The van der Waals surface area contributed by atoms with Gasteiger partial charge in [-0.2, -0.15) is 4.31 Å². The highest BCUT2D eigenvalue weighted by molar-refractivity contribution is 7.61. The second-order valence-electron chi connectivity index (χ2n) is 8.05. The third kappa shape index (κ3) is 6.67. The van der Waals surface area contributed by atoms with E-state index in [2.05, 4.69) is 13.8 Å². The van der Waals surface area contributed by atoms with Crippen LogP contribution < -0.4 is 11.2 Å². The number of phosphoric ester groups is 2. The first kappa shape index (κ1) is 27.1. The summed E-state index contributed by atoms with van der Waals surface area (Å²) in [5.74, 6) is 0. The van der Waals surface area contributed by atoms with E-state index in [4.69, 9.17) is 18.7 Å². The molecule has 14 nitrogen and oxygen atoms in total. The van der Waals surface area contributed by atoms with E-state index in [-0.39, 0.29) is 6.61 Å². The highest BCUT2D eigenvalue weighted by atomic mass is 31.3. The van der Waals surface area contributed by atoms with Gasteiger partial charge in [0.25, 0.3) is 5.56 Å². The van der Waals surface area contributed by atoms with Crippen molar-refractivity contribution in [1.29, 1.82) is 0 Å². The van der Waals surface area contributed by atoms with Crippen LogP contribution >= 0.6 is 15.6 Å². The van der Waals surface area contributed by atoms with Gasteiger partial charge >= 0.3 is 21.3 Å². The third-order valence-electron chi connectivity index (χ3n) is 5.34. The molecule has 2 aliphatic rings. The molecule has 4 rings (SSSR count). The molecular weight excluding hydrogens is 522 g/mol. The Morgan fingerprint density at radius 3 is 2.39 bits per heavy atom. The van der Waals surface area contributed by atoms with Crippen molar-refractivity contribution in [2.75, 3.05) is 13.2 Å². The van der Waals surface area contributed by atoms with Gasteiger partial charge in [-0.3, -0.25) is 23.4 Å². The molecular formula is C20H26N2O12P2. The van der Waals surface area contributed by atoms with Crippen molar-refractivity contribution in [1.82, 2.24) is 9.55 Å². The molecule has 16 heteroatoms. The van der Waals surface area contributed by atoms with Crippen molar-refractivity contribution < 1.29 is 46.5 Å². The zero-order valence-corrected chi connectivity index (χ0v) is 20.9. The van der Waals surface area contributed by atoms with Crippen molar-refractivity contribution in [2.45, 2.75) is 50.6 Å². The van der Waals surface area contributed by atoms with E-state index in [1.54, 1.807) is 6.92 Å². The minimum atomic E-state index is -5.05. The summed E-state index contributed by atoms with van der Waals surface area (Å²) in [6.45, 7) is 0.882. The van der Waals surface area contributed by atoms with E-state index < -0.39 is 64.3 Å². The number of fused-ring (bicyclic) bond motifs is 1. The molecule has 0 bridgehead atoms. The smallest absolute Gasteiger partial charge is 0.346 e. The average Bonchev–Trinajstić information content (AvgIpc) is 3.35. The van der Waals surface area contributed by atoms with Crippen LogP contribution in [0.3, 0.4) is 0 Å². The number of nitrogens with zero attached hydrogens (tertiary/aromatic N) is 1. The van der Waals surface area contributed by atoms with Gasteiger partial charge in [-0.15, -0.1) is 0 Å². The third-order valence-corrected chi connectivity index (χ3v) is 7.98. The van der Waals surface area contributed by atoms with Crippen molar-refractivity contribution >= 4 is 15.6 Å². The zero-order valence-electron chi connectivity index (χ0n) is 19.1. The van der Waals surface area contributed by atoms with Gasteiger partial charge in [0.1, 0.15) is 18.3 Å². The monoisotopic (exact) mass is 548 g/mol. The number of hydrogen-bond acceptors (Lipinski definition) is 10. The molecule has 0 spiro atoms. The number of phosphoric acid groups is 2. The van der Waals surface area contributed by atoms with E-state index in [1.165, 1.54) is 6.20 Å². The lowest BCUT2D eigenvalue weighted by Crippen LogP contribution is -2.36. The van der Waals surface area contributed by atoms with Gasteiger partial charge in [-0.05, 0) is 12.0 Å². The summed E-state index contributed by atoms with van der Waals surface area (Å²) >= 11 is 0. The van der Waals surface area contributed by atoms with Crippen LogP contribution in [0.1, 0.15) is 25.1 Å². The first-order chi connectivity index (χ1) is 17.1. The Bertz CT molecular complexity index is 1250. The first-order valence-electron chi connectivity index (χ1n) is 11.0. The maximum absolute atomic E-state index is 12.4. The largest absolute Gasteiger partial charge is 0.481 e. The Labute approximate surface area is 204 Å². The normalized spacial score (nSPS) is 28.9. The summed E-state index contributed by atoms with van der Waals surface area (Å²) < 4.78 is 56.8. The van der Waals surface area contributed by atoms with E-state index in [0.717, 1.165) is 16.2 Å². The van der Waals surface area contributed by atoms with E-state index in [9.17, 15) is 28.5 Å². The summed E-state index contributed by atoms with van der Waals surface area (Å²) in [5, 5.41) is 0. The summed E-state index contributed by atoms with van der Waals surface area (Å²) in [6.07, 6.45) is -2.55. The Balaban J connectivity index is 1.50. The molecule has 198 valence electrons. The number of hydrogen-bond donors (Lipinski definition) is 3. The molecule has 2 aliphatic heterocycles. The fraction of sp³-hybridized carbons (Fsp3) is 0.500. The maximum Gasteiger partial charge on any atom is 0.481 e. The number of ether oxygens (including phenoxy) is 3. The predicted molar refractivity (Wildman–Crippen MR) is 122 cm³/mol. The topological polar surface area (TPSA) is 185 Å². The van der Waals surface area contributed by atoms with Crippen LogP contribution in [0.5, 0.6) is 0 Å². The molecule has 2 fully saturated rings. The lowest BCUT2D eigenvalue weighted by Gasteiger charge is -2.22. The molecule has 3 heterocycles. The molecule has 36 heavy (non-hydrogen) atoms. The van der Waals surface area contributed by atoms with Crippen LogP contribution in [0.25, 0.3) is 0 Å². The van der Waals surface area contributed by atoms with Crippen molar-refractivity contribution in [3.63, 3.8) is 0 Å². The summed E-state index contributed by atoms with van der Waals surface area (Å²) in [7, 11) is -9.90. The number of aromatic amines is 1. The Kier molecular flexibility index (Phi) is 8.42. The van der Waals surface area contributed by atoms with E-state index in [0.29, 0.717) is 12.8 Å². The van der Waals surface area contributed by atoms with E-state index in [1.807, 2.05) is 30.3 Å². The van der Waals surface area contributed by atoms with Crippen LogP contribution in [0.2, 0.25) is 0 Å². The Hall–Kier alpha value is -1.96. The highest BCUT2D eigenvalue weighted by Gasteiger charge is 2.54. The van der Waals surface area contributed by atoms with Gasteiger partial charge in [-0.25, -0.2) is 13.9 Å². The van der Waals surface area contributed by atoms with Gasteiger partial charge in [0.15, 0.2) is 12.5 Å². The lowest BCUT2D eigenvalue weighted by atomic mass is 10.1. The number of rotatable bonds is 11. The molecule has 4 unspecified atom stereocenters. The van der Waals surface area contributed by atoms with Crippen molar-refractivity contribution in [3.05, 3.63) is 69.0 Å². The minimum absolute atomic E-state index is 0.174. The minimum Gasteiger partial charge on any atom is -0.346 e. The van der Waals surface area contributed by atoms with Crippen molar-refractivity contribution in [2.24, 2.45) is 0 Å². The number of aromatic nitrogens is 2. The van der Waals surface area contributed by atoms with Crippen molar-refractivity contribution in [3.8, 4) is 0 Å². The van der Waals surface area contributed by atoms with Gasteiger partial charge in [0.05, 0.1) is 13.2 Å². The number of H-pyrrole nitrogens is 1. The predicted octanol–water partition coefficient (Wildman–Crippen LogP) is 1.45. The molecule has 7 atom stereocenters. The van der Waals surface area contributed by atoms with Crippen LogP contribution in [-0.4, -0.2) is 57.2 Å². The van der Waals surface area contributed by atoms with Gasteiger partial charge < -0.3 is 24.0 Å². The Morgan fingerprint density at radius 2 is 1.69 bits per heavy atom. The fourth-order valence-corrected chi connectivity index (χ4v) is 6.01. The van der Waals surface area contributed by atoms with Crippen LogP contribution in [0, 0.1) is 0 Å². The quantitative estimate of drug-likeness (QED) is 0.344. The van der Waals surface area contributed by atoms with Crippen LogP contribution in [0.4, 0.5) is 0 Å².